The van der Waals surface area contributed by atoms with Crippen molar-refractivity contribution in [2.24, 2.45) is 0 Å². The summed E-state index contributed by atoms with van der Waals surface area (Å²) in [6.07, 6.45) is 0. The van der Waals surface area contributed by atoms with Gasteiger partial charge in [-0.25, -0.2) is 9.97 Å². The van der Waals surface area contributed by atoms with Crippen molar-refractivity contribution in [2.75, 3.05) is 0 Å². The lowest BCUT2D eigenvalue weighted by molar-refractivity contribution is 0.669. The lowest BCUT2D eigenvalue weighted by Gasteiger charge is -2.08. The van der Waals surface area contributed by atoms with Crippen LogP contribution in [0.25, 0.3) is 64.9 Å². The summed E-state index contributed by atoms with van der Waals surface area (Å²) in [7, 11) is 0. The van der Waals surface area contributed by atoms with Crippen LogP contribution in [0.4, 0.5) is 0 Å². The molecule has 0 bridgehead atoms. The maximum atomic E-state index is 6.66. The summed E-state index contributed by atoms with van der Waals surface area (Å²) in [6, 6.07) is 30.4. The molecule has 156 valence electrons. The Morgan fingerprint density at radius 2 is 1.45 bits per heavy atom. The Bertz CT molecular complexity index is 1840. The molecule has 33 heavy (non-hydrogen) atoms. The van der Waals surface area contributed by atoms with Crippen LogP contribution >= 0.6 is 22.9 Å². The fraction of sp³-hybridized carbons (Fsp3) is 0. The molecule has 0 saturated carbocycles. The second-order valence-electron chi connectivity index (χ2n) is 7.93. The van der Waals surface area contributed by atoms with Crippen LogP contribution < -0.4 is 0 Å². The second-order valence-corrected chi connectivity index (χ2v) is 9.39. The molecule has 0 radical (unpaired) electrons. The van der Waals surface area contributed by atoms with E-state index in [1.165, 1.54) is 4.70 Å². The van der Waals surface area contributed by atoms with Gasteiger partial charge < -0.3 is 4.42 Å². The molecular formula is C28H15ClN2OS. The molecule has 0 N–H and O–H groups in total. The van der Waals surface area contributed by atoms with E-state index in [0.29, 0.717) is 10.8 Å². The molecule has 0 amide bonds. The van der Waals surface area contributed by atoms with Crippen molar-refractivity contribution in [1.29, 1.82) is 0 Å². The van der Waals surface area contributed by atoms with E-state index in [-0.39, 0.29) is 0 Å². The Hall–Kier alpha value is -3.73. The van der Waals surface area contributed by atoms with Crippen molar-refractivity contribution in [3.05, 3.63) is 96.0 Å². The number of halogens is 1. The molecule has 7 aromatic rings. The highest BCUT2D eigenvalue weighted by Gasteiger charge is 2.21. The van der Waals surface area contributed by atoms with Gasteiger partial charge in [-0.2, -0.15) is 0 Å². The highest BCUT2D eigenvalue weighted by molar-refractivity contribution is 7.26. The molecule has 3 heterocycles. The number of aromatic nitrogens is 2. The minimum Gasteiger partial charge on any atom is -0.456 e. The summed E-state index contributed by atoms with van der Waals surface area (Å²) >= 11 is 8.38. The van der Waals surface area contributed by atoms with E-state index in [2.05, 4.69) is 30.3 Å². The third kappa shape index (κ3) is 2.81. The predicted octanol–water partition coefficient (Wildman–Crippen LogP) is 8.73. The van der Waals surface area contributed by atoms with E-state index in [1.807, 2.05) is 60.7 Å². The van der Waals surface area contributed by atoms with Gasteiger partial charge in [-0.15, -0.1) is 11.3 Å². The summed E-state index contributed by atoms with van der Waals surface area (Å²) in [5.74, 6) is 0.706. The van der Waals surface area contributed by atoms with Crippen molar-refractivity contribution in [2.45, 2.75) is 0 Å². The van der Waals surface area contributed by atoms with E-state index in [4.69, 9.17) is 26.0 Å². The molecule has 3 nitrogen and oxygen atoms in total. The van der Waals surface area contributed by atoms with Crippen LogP contribution in [0.5, 0.6) is 0 Å². The lowest BCUT2D eigenvalue weighted by atomic mass is 10.0. The van der Waals surface area contributed by atoms with Crippen molar-refractivity contribution >= 4 is 65.2 Å². The first kappa shape index (κ1) is 18.8. The smallest absolute Gasteiger partial charge is 0.160 e. The average molecular weight is 463 g/mol. The van der Waals surface area contributed by atoms with Crippen molar-refractivity contribution in [3.8, 4) is 22.6 Å². The summed E-state index contributed by atoms with van der Waals surface area (Å²) in [6.45, 7) is 0. The summed E-state index contributed by atoms with van der Waals surface area (Å²) in [5, 5.41) is 3.71. The standard InChI is InChI=1S/C28H15ClN2OS/c29-19-12-7-14-21-24(19)23-18(11-6-13-20(23)32-21)26-27-25(17-10-4-5-15-22(17)33-27)30-28(31-26)16-8-2-1-3-9-16/h1-15H. The molecule has 5 heteroatoms. The molecular weight excluding hydrogens is 448 g/mol. The van der Waals surface area contributed by atoms with Gasteiger partial charge in [0, 0.05) is 32.0 Å². The molecule has 4 aromatic carbocycles. The second kappa shape index (κ2) is 7.14. The van der Waals surface area contributed by atoms with Gasteiger partial charge >= 0.3 is 0 Å². The number of hydrogen-bond acceptors (Lipinski definition) is 4. The van der Waals surface area contributed by atoms with Gasteiger partial charge in [-0.05, 0) is 24.3 Å². The molecule has 0 spiro atoms. The molecule has 0 saturated heterocycles. The van der Waals surface area contributed by atoms with Gasteiger partial charge in [-0.1, -0.05) is 78.3 Å². The van der Waals surface area contributed by atoms with E-state index >= 15 is 0 Å². The van der Waals surface area contributed by atoms with Gasteiger partial charge in [0.1, 0.15) is 11.2 Å². The van der Waals surface area contributed by atoms with Crippen LogP contribution in [0.2, 0.25) is 5.02 Å². The van der Waals surface area contributed by atoms with Crippen LogP contribution in [0.15, 0.2) is 95.4 Å². The predicted molar refractivity (Wildman–Crippen MR) is 138 cm³/mol. The van der Waals surface area contributed by atoms with E-state index in [1.54, 1.807) is 11.3 Å². The molecule has 7 rings (SSSR count). The Morgan fingerprint density at radius 3 is 2.33 bits per heavy atom. The molecule has 0 unspecified atom stereocenters. The van der Waals surface area contributed by atoms with Crippen LogP contribution in [0, 0.1) is 0 Å². The van der Waals surface area contributed by atoms with Crippen molar-refractivity contribution in [3.63, 3.8) is 0 Å². The quantitative estimate of drug-likeness (QED) is 0.258. The Balaban J connectivity index is 1.66. The first-order valence-corrected chi connectivity index (χ1v) is 11.8. The van der Waals surface area contributed by atoms with Crippen LogP contribution in [-0.4, -0.2) is 9.97 Å². The average Bonchev–Trinajstić information content (AvgIpc) is 3.43. The number of fused-ring (bicyclic) bond motifs is 6. The molecule has 0 aliphatic rings. The highest BCUT2D eigenvalue weighted by Crippen LogP contribution is 2.44. The molecule has 0 fully saturated rings. The topological polar surface area (TPSA) is 38.9 Å². The number of furan rings is 1. The maximum absolute atomic E-state index is 6.66. The molecule has 0 aliphatic carbocycles. The number of nitrogens with zero attached hydrogens (tertiary/aromatic N) is 2. The summed E-state index contributed by atoms with van der Waals surface area (Å²) < 4.78 is 8.41. The minimum absolute atomic E-state index is 0.670. The maximum Gasteiger partial charge on any atom is 0.160 e. The third-order valence-corrected chi connectivity index (χ3v) is 7.46. The Morgan fingerprint density at radius 1 is 0.697 bits per heavy atom. The van der Waals surface area contributed by atoms with Gasteiger partial charge in [0.25, 0.3) is 0 Å². The van der Waals surface area contributed by atoms with Gasteiger partial charge in [0.2, 0.25) is 0 Å². The monoisotopic (exact) mass is 462 g/mol. The zero-order chi connectivity index (χ0) is 21.9. The largest absolute Gasteiger partial charge is 0.456 e. The van der Waals surface area contributed by atoms with Gasteiger partial charge in [0.05, 0.1) is 20.9 Å². The first-order chi connectivity index (χ1) is 16.3. The molecule has 0 atom stereocenters. The zero-order valence-electron chi connectivity index (χ0n) is 17.2. The SMILES string of the molecule is Clc1cccc2oc3cccc(-c4nc(-c5ccccc5)nc5c4sc4ccccc45)c3c12. The fourth-order valence-corrected chi connectivity index (χ4v) is 5.92. The van der Waals surface area contributed by atoms with Crippen LogP contribution in [-0.2, 0) is 0 Å². The van der Waals surface area contributed by atoms with E-state index in [0.717, 1.165) is 54.4 Å². The Labute approximate surface area is 197 Å². The summed E-state index contributed by atoms with van der Waals surface area (Å²) in [5.41, 5.74) is 5.41. The van der Waals surface area contributed by atoms with Crippen LogP contribution in [0.1, 0.15) is 0 Å². The number of rotatable bonds is 2. The fourth-order valence-electron chi connectivity index (χ4n) is 4.51. The van der Waals surface area contributed by atoms with Gasteiger partial charge in [0.15, 0.2) is 5.82 Å². The van der Waals surface area contributed by atoms with Crippen molar-refractivity contribution in [1.82, 2.24) is 9.97 Å². The van der Waals surface area contributed by atoms with Crippen LogP contribution in [0.3, 0.4) is 0 Å². The summed E-state index contributed by atoms with van der Waals surface area (Å²) in [4.78, 5) is 10.1. The first-order valence-electron chi connectivity index (χ1n) is 10.6. The number of hydrogen-bond donors (Lipinski definition) is 0. The number of thiophene rings is 1. The normalized spacial score (nSPS) is 11.8. The van der Waals surface area contributed by atoms with E-state index < -0.39 is 0 Å². The zero-order valence-corrected chi connectivity index (χ0v) is 18.8. The Kier molecular flexibility index (Phi) is 4.07. The van der Waals surface area contributed by atoms with E-state index in [9.17, 15) is 0 Å². The lowest BCUT2D eigenvalue weighted by Crippen LogP contribution is -1.93. The van der Waals surface area contributed by atoms with Gasteiger partial charge in [-0.3, -0.25) is 0 Å². The molecule has 0 aliphatic heterocycles. The minimum atomic E-state index is 0.670. The highest BCUT2D eigenvalue weighted by atomic mass is 35.5. The van der Waals surface area contributed by atoms with Crippen molar-refractivity contribution < 1.29 is 4.42 Å². The third-order valence-electron chi connectivity index (χ3n) is 5.98. The molecule has 3 aromatic heterocycles. The number of benzene rings is 4.